The lowest BCUT2D eigenvalue weighted by Gasteiger charge is -2.16. The first-order valence-electron chi connectivity index (χ1n) is 11.8. The summed E-state index contributed by atoms with van der Waals surface area (Å²) in [6.45, 7) is 12.2. The number of esters is 1. The number of amides is 1. The summed E-state index contributed by atoms with van der Waals surface area (Å²) in [4.78, 5) is 26.1. The molecule has 3 aromatic rings. The Kier molecular flexibility index (Phi) is 9.72. The van der Waals surface area contributed by atoms with Crippen molar-refractivity contribution in [1.29, 1.82) is 0 Å². The van der Waals surface area contributed by atoms with Gasteiger partial charge < -0.3 is 14.8 Å². The van der Waals surface area contributed by atoms with Crippen molar-refractivity contribution in [1.82, 2.24) is 14.8 Å². The number of carbonyl (C=O) groups is 2. The number of hydrogen-bond acceptors (Lipinski definition) is 8. The predicted molar refractivity (Wildman–Crippen MR) is 144 cm³/mol. The van der Waals surface area contributed by atoms with Gasteiger partial charge in [-0.05, 0) is 49.9 Å². The molecule has 0 aliphatic rings. The van der Waals surface area contributed by atoms with Crippen molar-refractivity contribution in [2.24, 2.45) is 0 Å². The summed E-state index contributed by atoms with van der Waals surface area (Å²) in [6, 6.07) is 7.98. The van der Waals surface area contributed by atoms with Crippen LogP contribution in [0, 0.1) is 6.92 Å². The topological polar surface area (TPSA) is 95.3 Å². The van der Waals surface area contributed by atoms with E-state index in [1.165, 1.54) is 35.8 Å². The highest BCUT2D eigenvalue weighted by Crippen LogP contribution is 2.34. The number of thioether (sulfide) groups is 1. The van der Waals surface area contributed by atoms with Crippen LogP contribution in [-0.4, -0.2) is 39.5 Å². The molecule has 0 fully saturated rings. The van der Waals surface area contributed by atoms with E-state index >= 15 is 0 Å². The zero-order valence-corrected chi connectivity index (χ0v) is 22.9. The first-order valence-corrected chi connectivity index (χ1v) is 13.6. The third kappa shape index (κ3) is 6.36. The van der Waals surface area contributed by atoms with Crippen LogP contribution >= 0.6 is 23.1 Å². The largest absolute Gasteiger partial charge is 0.483 e. The second-order valence-electron chi connectivity index (χ2n) is 8.02. The summed E-state index contributed by atoms with van der Waals surface area (Å²) in [6.07, 6.45) is 3.04. The maximum Gasteiger partial charge on any atom is 0.341 e. The van der Waals surface area contributed by atoms with Gasteiger partial charge >= 0.3 is 5.97 Å². The number of benzene rings is 1. The highest BCUT2D eigenvalue weighted by Gasteiger charge is 2.24. The molecule has 2 heterocycles. The molecule has 0 spiro atoms. The Balaban J connectivity index is 1.71. The van der Waals surface area contributed by atoms with Crippen LogP contribution in [0.4, 0.5) is 5.00 Å². The monoisotopic (exact) mass is 528 g/mol. The summed E-state index contributed by atoms with van der Waals surface area (Å²) in [5.41, 5.74) is 2.56. The molecule has 1 unspecified atom stereocenters. The van der Waals surface area contributed by atoms with E-state index in [0.29, 0.717) is 34.5 Å². The van der Waals surface area contributed by atoms with Crippen LogP contribution in [-0.2, 0) is 28.9 Å². The number of nitrogens with one attached hydrogen (secondary N) is 1. The third-order valence-electron chi connectivity index (χ3n) is 5.60. The van der Waals surface area contributed by atoms with E-state index < -0.39 is 5.97 Å². The number of carbonyl (C=O) groups excluding carboxylic acids is 2. The molecule has 3 rings (SSSR count). The van der Waals surface area contributed by atoms with E-state index in [4.69, 9.17) is 9.47 Å². The van der Waals surface area contributed by atoms with Gasteiger partial charge in [-0.1, -0.05) is 43.8 Å². The highest BCUT2D eigenvalue weighted by atomic mass is 32.2. The van der Waals surface area contributed by atoms with Crippen LogP contribution < -0.4 is 10.1 Å². The number of anilines is 1. The van der Waals surface area contributed by atoms with Crippen molar-refractivity contribution in [3.05, 3.63) is 64.3 Å². The molecule has 0 aliphatic carbocycles. The first kappa shape index (κ1) is 27.5. The van der Waals surface area contributed by atoms with Gasteiger partial charge in [-0.15, -0.1) is 28.1 Å². The van der Waals surface area contributed by atoms with Crippen LogP contribution in [0.2, 0.25) is 0 Å². The Hall–Kier alpha value is -3.11. The van der Waals surface area contributed by atoms with Gasteiger partial charge in [0.05, 0.1) is 18.4 Å². The fourth-order valence-electron chi connectivity index (χ4n) is 3.77. The van der Waals surface area contributed by atoms with E-state index in [-0.39, 0.29) is 17.8 Å². The van der Waals surface area contributed by atoms with Crippen LogP contribution in [0.3, 0.4) is 0 Å². The lowest BCUT2D eigenvalue weighted by atomic mass is 10.1. The van der Waals surface area contributed by atoms with E-state index in [9.17, 15) is 9.59 Å². The molecule has 10 heteroatoms. The van der Waals surface area contributed by atoms with Crippen molar-refractivity contribution in [3.8, 4) is 5.75 Å². The van der Waals surface area contributed by atoms with Crippen molar-refractivity contribution in [2.45, 2.75) is 58.3 Å². The molecule has 1 atom stereocenters. The number of rotatable bonds is 12. The van der Waals surface area contributed by atoms with Crippen molar-refractivity contribution >= 4 is 40.0 Å². The summed E-state index contributed by atoms with van der Waals surface area (Å²) in [5, 5.41) is 12.6. The third-order valence-corrected chi connectivity index (χ3v) is 7.63. The zero-order valence-electron chi connectivity index (χ0n) is 21.3. The molecule has 0 radical (unpaired) electrons. The molecule has 0 bridgehead atoms. The molecular weight excluding hydrogens is 496 g/mol. The van der Waals surface area contributed by atoms with Gasteiger partial charge in [0.25, 0.3) is 0 Å². The molecular formula is C26H32N4O4S2. The van der Waals surface area contributed by atoms with Gasteiger partial charge in [0.1, 0.15) is 10.8 Å². The smallest absolute Gasteiger partial charge is 0.341 e. The maximum absolute atomic E-state index is 12.8. The lowest BCUT2D eigenvalue weighted by Crippen LogP contribution is -2.17. The van der Waals surface area contributed by atoms with Crippen molar-refractivity contribution < 1.29 is 19.1 Å². The molecule has 0 aliphatic heterocycles. The van der Waals surface area contributed by atoms with E-state index in [1.807, 2.05) is 49.6 Å². The normalized spacial score (nSPS) is 11.7. The second kappa shape index (κ2) is 12.7. The van der Waals surface area contributed by atoms with E-state index in [2.05, 4.69) is 29.0 Å². The molecule has 36 heavy (non-hydrogen) atoms. The molecule has 2 aromatic heterocycles. The standard InChI is InChI=1S/C26H32N4O4S2/c1-7-14-30-23(16(4)34-19-12-10-18(8-2)11-13-19)28-29-26(30)35-15-21(31)27-24-22(25(32)33-6)20(9-3)17(5)36-24/h7,10-13,16H,1,8-9,14-15H2,2-6H3,(H,27,31). The number of methoxy groups -OCH3 is 1. The van der Waals surface area contributed by atoms with Crippen LogP contribution in [0.15, 0.2) is 42.1 Å². The molecule has 1 amide bonds. The molecule has 8 nitrogen and oxygen atoms in total. The molecule has 0 saturated carbocycles. The molecule has 0 saturated heterocycles. The average Bonchev–Trinajstić information content (AvgIpc) is 3.42. The highest BCUT2D eigenvalue weighted by molar-refractivity contribution is 7.99. The second-order valence-corrected chi connectivity index (χ2v) is 10.2. The van der Waals surface area contributed by atoms with E-state index in [1.54, 1.807) is 6.08 Å². The van der Waals surface area contributed by atoms with Crippen molar-refractivity contribution in [3.63, 3.8) is 0 Å². The fourth-order valence-corrected chi connectivity index (χ4v) is 5.68. The van der Waals surface area contributed by atoms with Gasteiger partial charge in [-0.25, -0.2) is 4.79 Å². The van der Waals surface area contributed by atoms with Gasteiger partial charge in [0.15, 0.2) is 17.1 Å². The quantitative estimate of drug-likeness (QED) is 0.185. The fraction of sp³-hybridized carbons (Fsp3) is 0.385. The van der Waals surface area contributed by atoms with Gasteiger partial charge in [0, 0.05) is 11.4 Å². The maximum atomic E-state index is 12.8. The van der Waals surface area contributed by atoms with Crippen LogP contribution in [0.25, 0.3) is 0 Å². The summed E-state index contributed by atoms with van der Waals surface area (Å²) in [7, 11) is 1.34. The number of aryl methyl sites for hydroxylation is 2. The summed E-state index contributed by atoms with van der Waals surface area (Å²) >= 11 is 2.64. The van der Waals surface area contributed by atoms with Gasteiger partial charge in [-0.3, -0.25) is 9.36 Å². The van der Waals surface area contributed by atoms with Gasteiger partial charge in [-0.2, -0.15) is 0 Å². The Morgan fingerprint density at radius 1 is 1.22 bits per heavy atom. The Labute approximate surface area is 220 Å². The molecule has 1 N–H and O–H groups in total. The van der Waals surface area contributed by atoms with Crippen molar-refractivity contribution in [2.75, 3.05) is 18.2 Å². The van der Waals surface area contributed by atoms with Crippen LogP contribution in [0.5, 0.6) is 5.75 Å². The number of allylic oxidation sites excluding steroid dienone is 1. The number of thiophene rings is 1. The lowest BCUT2D eigenvalue weighted by molar-refractivity contribution is -0.113. The average molecular weight is 529 g/mol. The van der Waals surface area contributed by atoms with Gasteiger partial charge in [0.2, 0.25) is 5.91 Å². The Morgan fingerprint density at radius 2 is 1.94 bits per heavy atom. The van der Waals surface area contributed by atoms with Crippen LogP contribution in [0.1, 0.15) is 59.1 Å². The number of nitrogens with zero attached hydrogens (tertiary/aromatic N) is 3. The minimum Gasteiger partial charge on any atom is -0.483 e. The predicted octanol–water partition coefficient (Wildman–Crippen LogP) is 5.62. The first-order chi connectivity index (χ1) is 17.3. The Bertz CT molecular complexity index is 1220. The Morgan fingerprint density at radius 3 is 2.56 bits per heavy atom. The number of hydrogen-bond donors (Lipinski definition) is 1. The molecule has 192 valence electrons. The minimum absolute atomic E-state index is 0.0992. The number of aromatic nitrogens is 3. The zero-order chi connectivity index (χ0) is 26.2. The number of ether oxygens (including phenoxy) is 2. The summed E-state index contributed by atoms with van der Waals surface area (Å²) < 4.78 is 12.9. The minimum atomic E-state index is -0.451. The SMILES string of the molecule is C=CCn1c(SCC(=O)Nc2sc(C)c(CC)c2C(=O)OC)nnc1C(C)Oc1ccc(CC)cc1. The summed E-state index contributed by atoms with van der Waals surface area (Å²) in [5.74, 6) is 0.798. The molecule has 1 aromatic carbocycles. The van der Waals surface area contributed by atoms with E-state index in [0.717, 1.165) is 22.6 Å².